The van der Waals surface area contributed by atoms with Gasteiger partial charge in [0.2, 0.25) is 0 Å². The molecular formula is C23H23NO5S. The van der Waals surface area contributed by atoms with Crippen molar-refractivity contribution in [2.75, 3.05) is 20.8 Å². The molecule has 6 nitrogen and oxygen atoms in total. The van der Waals surface area contributed by atoms with E-state index >= 15 is 0 Å². The second-order valence-electron chi connectivity index (χ2n) is 6.42. The van der Waals surface area contributed by atoms with Gasteiger partial charge in [-0.2, -0.15) is 0 Å². The van der Waals surface area contributed by atoms with Crippen molar-refractivity contribution in [2.45, 2.75) is 13.8 Å². The van der Waals surface area contributed by atoms with Crippen LogP contribution in [0.2, 0.25) is 0 Å². The number of ether oxygens (including phenoxy) is 3. The van der Waals surface area contributed by atoms with Crippen LogP contribution in [0.25, 0.3) is 6.08 Å². The molecule has 0 fully saturated rings. The van der Waals surface area contributed by atoms with E-state index in [0.717, 1.165) is 5.56 Å². The molecule has 1 aliphatic heterocycles. The summed E-state index contributed by atoms with van der Waals surface area (Å²) in [6.07, 6.45) is 1.74. The topological polar surface area (TPSA) is 77.4 Å². The number of methoxy groups -OCH3 is 2. The highest BCUT2D eigenvalue weighted by Crippen LogP contribution is 2.41. The van der Waals surface area contributed by atoms with Crippen LogP contribution >= 0.6 is 11.8 Å². The lowest BCUT2D eigenvalue weighted by atomic mass is 10.1. The molecule has 7 heteroatoms. The Morgan fingerprint density at radius 3 is 2.63 bits per heavy atom. The highest BCUT2D eigenvalue weighted by molar-refractivity contribution is 8.18. The Bertz CT molecular complexity index is 1060. The Morgan fingerprint density at radius 1 is 1.17 bits per heavy atom. The minimum absolute atomic E-state index is 0.0523. The molecule has 30 heavy (non-hydrogen) atoms. The van der Waals surface area contributed by atoms with E-state index in [0.29, 0.717) is 32.7 Å². The van der Waals surface area contributed by atoms with Gasteiger partial charge in [-0.05, 0) is 55.8 Å². The van der Waals surface area contributed by atoms with Crippen LogP contribution < -0.4 is 9.47 Å². The highest BCUT2D eigenvalue weighted by atomic mass is 32.2. The average Bonchev–Trinajstić information content (AvgIpc) is 3.02. The number of hydrogen-bond acceptors (Lipinski definition) is 7. The number of benzene rings is 2. The molecule has 2 aromatic rings. The van der Waals surface area contributed by atoms with E-state index in [4.69, 9.17) is 14.2 Å². The lowest BCUT2D eigenvalue weighted by Crippen LogP contribution is -2.12. The van der Waals surface area contributed by atoms with Gasteiger partial charge in [-0.1, -0.05) is 23.9 Å². The lowest BCUT2D eigenvalue weighted by Gasteiger charge is -2.08. The Hall–Kier alpha value is -3.19. The first-order valence-corrected chi connectivity index (χ1v) is 10.2. The molecule has 0 radical (unpaired) electrons. The molecule has 0 aromatic heterocycles. The van der Waals surface area contributed by atoms with Crippen molar-refractivity contribution in [2.24, 2.45) is 4.99 Å². The maximum atomic E-state index is 12.5. The van der Waals surface area contributed by atoms with Crippen LogP contribution in [0.3, 0.4) is 0 Å². The number of thioether (sulfide) groups is 1. The number of aliphatic hydroxyl groups is 1. The molecule has 1 aliphatic rings. The smallest absolute Gasteiger partial charge is 0.344 e. The van der Waals surface area contributed by atoms with Gasteiger partial charge in [0.25, 0.3) is 0 Å². The standard InChI is InChI=1S/C23H23NO5S/c1-5-29-23(26)20-21(25)19(13-15-12-17(27-3)9-10-18(15)28-4)30-22(20)24-16-8-6-7-14(2)11-16/h6-13,25H,5H2,1-4H3/b19-13+,24-22?. The fraction of sp³-hybridized carbons (Fsp3) is 0.217. The average molecular weight is 426 g/mol. The van der Waals surface area contributed by atoms with Crippen molar-refractivity contribution >= 4 is 34.5 Å². The monoisotopic (exact) mass is 425 g/mol. The summed E-state index contributed by atoms with van der Waals surface area (Å²) < 4.78 is 15.8. The fourth-order valence-electron chi connectivity index (χ4n) is 2.90. The quantitative estimate of drug-likeness (QED) is 0.641. The molecule has 1 N–H and O–H groups in total. The molecule has 1 heterocycles. The molecule has 2 aromatic carbocycles. The van der Waals surface area contributed by atoms with Gasteiger partial charge in [0.1, 0.15) is 27.9 Å². The number of hydrogen-bond donors (Lipinski definition) is 1. The zero-order chi connectivity index (χ0) is 21.7. The van der Waals surface area contributed by atoms with Gasteiger partial charge in [0, 0.05) is 5.56 Å². The molecule has 0 amide bonds. The lowest BCUT2D eigenvalue weighted by molar-refractivity contribution is -0.138. The Kier molecular flexibility index (Phi) is 6.84. The summed E-state index contributed by atoms with van der Waals surface area (Å²) in [5.74, 6) is 0.469. The van der Waals surface area contributed by atoms with Gasteiger partial charge in [0.15, 0.2) is 0 Å². The largest absolute Gasteiger partial charge is 0.506 e. The zero-order valence-corrected chi connectivity index (χ0v) is 18.1. The minimum Gasteiger partial charge on any atom is -0.506 e. The normalized spacial score (nSPS) is 16.3. The number of carbonyl (C=O) groups excluding carboxylic acids is 1. The number of nitrogens with zero attached hydrogens (tertiary/aromatic N) is 1. The van der Waals surface area contributed by atoms with E-state index in [2.05, 4.69) is 4.99 Å². The summed E-state index contributed by atoms with van der Waals surface area (Å²) in [4.78, 5) is 17.6. The van der Waals surface area contributed by atoms with E-state index in [-0.39, 0.29) is 17.9 Å². The molecular weight excluding hydrogens is 402 g/mol. The Morgan fingerprint density at radius 2 is 1.97 bits per heavy atom. The van der Waals surface area contributed by atoms with Crippen molar-refractivity contribution in [1.29, 1.82) is 0 Å². The van der Waals surface area contributed by atoms with Gasteiger partial charge in [-0.3, -0.25) is 0 Å². The molecule has 0 atom stereocenters. The van der Waals surface area contributed by atoms with Crippen LogP contribution in [0.1, 0.15) is 18.1 Å². The summed E-state index contributed by atoms with van der Waals surface area (Å²) in [5.41, 5.74) is 2.48. The van der Waals surface area contributed by atoms with Crippen LogP contribution in [0.15, 0.2) is 63.7 Å². The minimum atomic E-state index is -0.616. The zero-order valence-electron chi connectivity index (χ0n) is 17.3. The van der Waals surface area contributed by atoms with Crippen LogP contribution in [-0.4, -0.2) is 36.9 Å². The Labute approximate surface area is 179 Å². The van der Waals surface area contributed by atoms with E-state index in [1.807, 2.05) is 31.2 Å². The van der Waals surface area contributed by atoms with Crippen molar-refractivity contribution in [3.8, 4) is 11.5 Å². The number of rotatable bonds is 6. The number of aryl methyl sites for hydroxylation is 1. The maximum Gasteiger partial charge on any atom is 0.344 e. The van der Waals surface area contributed by atoms with Gasteiger partial charge < -0.3 is 19.3 Å². The first-order chi connectivity index (χ1) is 14.5. The van der Waals surface area contributed by atoms with E-state index in [1.165, 1.54) is 11.8 Å². The highest BCUT2D eigenvalue weighted by Gasteiger charge is 2.33. The summed E-state index contributed by atoms with van der Waals surface area (Å²) in [6, 6.07) is 12.9. The molecule has 0 unspecified atom stereocenters. The van der Waals surface area contributed by atoms with Gasteiger partial charge in [0.05, 0.1) is 31.4 Å². The van der Waals surface area contributed by atoms with Crippen molar-refractivity contribution < 1.29 is 24.1 Å². The molecule has 0 bridgehead atoms. The molecule has 0 saturated heterocycles. The second-order valence-corrected chi connectivity index (χ2v) is 7.45. The van der Waals surface area contributed by atoms with Gasteiger partial charge in [-0.15, -0.1) is 0 Å². The van der Waals surface area contributed by atoms with Crippen molar-refractivity contribution in [3.05, 3.63) is 69.8 Å². The predicted molar refractivity (Wildman–Crippen MR) is 120 cm³/mol. The summed E-state index contributed by atoms with van der Waals surface area (Å²) in [5, 5.41) is 11.2. The number of aliphatic hydroxyl groups excluding tert-OH is 1. The third kappa shape index (κ3) is 4.68. The summed E-state index contributed by atoms with van der Waals surface area (Å²) >= 11 is 1.20. The van der Waals surface area contributed by atoms with Gasteiger partial charge >= 0.3 is 5.97 Å². The van der Waals surface area contributed by atoms with Crippen LogP contribution in [0.5, 0.6) is 11.5 Å². The number of aliphatic imine (C=N–C) groups is 1. The first kappa shape index (κ1) is 21.5. The number of esters is 1. The third-order valence-corrected chi connectivity index (χ3v) is 5.35. The predicted octanol–water partition coefficient (Wildman–Crippen LogP) is 5.21. The number of carbonyl (C=O) groups is 1. The fourth-order valence-corrected chi connectivity index (χ4v) is 3.93. The molecule has 156 valence electrons. The van der Waals surface area contributed by atoms with E-state index in [9.17, 15) is 9.90 Å². The molecule has 0 spiro atoms. The maximum absolute atomic E-state index is 12.5. The van der Waals surface area contributed by atoms with Crippen LogP contribution in [0, 0.1) is 6.92 Å². The van der Waals surface area contributed by atoms with Crippen LogP contribution in [0.4, 0.5) is 5.69 Å². The van der Waals surface area contributed by atoms with Gasteiger partial charge in [-0.25, -0.2) is 9.79 Å². The van der Waals surface area contributed by atoms with E-state index in [1.54, 1.807) is 45.4 Å². The van der Waals surface area contributed by atoms with E-state index < -0.39 is 5.97 Å². The van der Waals surface area contributed by atoms with Crippen molar-refractivity contribution in [3.63, 3.8) is 0 Å². The Balaban J connectivity index is 2.09. The SMILES string of the molecule is CCOC(=O)C1=C(O)/C(=C\c2cc(OC)ccc2OC)SC1=Nc1cccc(C)c1. The summed E-state index contributed by atoms with van der Waals surface area (Å²) in [6.45, 7) is 3.87. The molecule has 0 saturated carbocycles. The molecule has 0 aliphatic carbocycles. The van der Waals surface area contributed by atoms with Crippen LogP contribution in [-0.2, 0) is 9.53 Å². The second kappa shape index (κ2) is 9.54. The first-order valence-electron chi connectivity index (χ1n) is 9.34. The van der Waals surface area contributed by atoms with Crippen molar-refractivity contribution in [1.82, 2.24) is 0 Å². The summed E-state index contributed by atoms with van der Waals surface area (Å²) in [7, 11) is 3.14. The molecule has 3 rings (SSSR count). The third-order valence-electron chi connectivity index (χ3n) is 4.33.